The molecule has 0 saturated carbocycles. The van der Waals surface area contributed by atoms with E-state index in [4.69, 9.17) is 4.74 Å². The van der Waals surface area contributed by atoms with Gasteiger partial charge in [0.2, 0.25) is 5.91 Å². The number of benzene rings is 1. The predicted octanol–water partition coefficient (Wildman–Crippen LogP) is 2.61. The number of halogens is 2. The molecule has 2 heterocycles. The zero-order chi connectivity index (χ0) is 21.3. The highest BCUT2D eigenvalue weighted by Crippen LogP contribution is 2.22. The van der Waals surface area contributed by atoms with Crippen molar-refractivity contribution < 1.29 is 13.9 Å². The van der Waals surface area contributed by atoms with Crippen molar-refractivity contribution in [3.05, 3.63) is 30.1 Å². The Labute approximate surface area is 201 Å². The number of anilines is 1. The van der Waals surface area contributed by atoms with Crippen molar-refractivity contribution in [1.29, 1.82) is 0 Å². The van der Waals surface area contributed by atoms with Crippen LogP contribution in [0, 0.1) is 5.82 Å². The number of nitrogens with one attached hydrogen (secondary N) is 2. The van der Waals surface area contributed by atoms with Crippen LogP contribution in [0.3, 0.4) is 0 Å². The van der Waals surface area contributed by atoms with Crippen molar-refractivity contribution in [1.82, 2.24) is 15.5 Å². The molecular formula is C22H35FIN5O2. The van der Waals surface area contributed by atoms with Gasteiger partial charge in [-0.05, 0) is 44.2 Å². The lowest BCUT2D eigenvalue weighted by molar-refractivity contribution is -0.127. The minimum absolute atomic E-state index is 0. The molecule has 3 rings (SSSR count). The summed E-state index contributed by atoms with van der Waals surface area (Å²) in [5.74, 6) is 0.359. The number of nitrogens with zero attached hydrogens (tertiary/aromatic N) is 3. The lowest BCUT2D eigenvalue weighted by Gasteiger charge is -2.35. The molecule has 0 bridgehead atoms. The molecule has 0 spiro atoms. The van der Waals surface area contributed by atoms with E-state index in [9.17, 15) is 9.18 Å². The van der Waals surface area contributed by atoms with Crippen LogP contribution in [0.15, 0.2) is 29.3 Å². The first-order chi connectivity index (χ1) is 14.5. The van der Waals surface area contributed by atoms with Crippen molar-refractivity contribution in [3.8, 4) is 0 Å². The Balaban J connectivity index is 0.00000341. The van der Waals surface area contributed by atoms with Crippen molar-refractivity contribution in [3.63, 3.8) is 0 Å². The minimum Gasteiger partial charge on any atom is -0.376 e. The summed E-state index contributed by atoms with van der Waals surface area (Å²) < 4.78 is 20.0. The zero-order valence-corrected chi connectivity index (χ0v) is 20.8. The minimum atomic E-state index is -0.198. The summed E-state index contributed by atoms with van der Waals surface area (Å²) >= 11 is 0. The maximum atomic E-state index is 14.2. The average molecular weight is 547 g/mol. The smallest absolute Gasteiger partial charge is 0.243 e. The summed E-state index contributed by atoms with van der Waals surface area (Å²) in [6, 6.07) is 7.01. The van der Waals surface area contributed by atoms with Gasteiger partial charge in [-0.1, -0.05) is 12.1 Å². The third-order valence-corrected chi connectivity index (χ3v) is 5.60. The number of amides is 1. The van der Waals surface area contributed by atoms with Crippen molar-refractivity contribution in [2.24, 2.45) is 4.99 Å². The van der Waals surface area contributed by atoms with Crippen LogP contribution in [-0.2, 0) is 9.53 Å². The number of guanidine groups is 1. The Morgan fingerprint density at radius 2 is 2.06 bits per heavy atom. The summed E-state index contributed by atoms with van der Waals surface area (Å²) in [7, 11) is 3.45. The number of piperidine rings is 1. The van der Waals surface area contributed by atoms with Gasteiger partial charge in [-0.15, -0.1) is 24.0 Å². The van der Waals surface area contributed by atoms with Crippen molar-refractivity contribution in [2.45, 2.75) is 44.2 Å². The van der Waals surface area contributed by atoms with Crippen LogP contribution in [0.2, 0.25) is 0 Å². The molecule has 174 valence electrons. The van der Waals surface area contributed by atoms with E-state index in [0.717, 1.165) is 38.8 Å². The monoisotopic (exact) mass is 547 g/mol. The highest BCUT2D eigenvalue weighted by Gasteiger charge is 2.23. The largest absolute Gasteiger partial charge is 0.376 e. The number of carbonyl (C=O) groups is 1. The van der Waals surface area contributed by atoms with Gasteiger partial charge in [0.1, 0.15) is 12.4 Å². The third-order valence-electron chi connectivity index (χ3n) is 5.60. The van der Waals surface area contributed by atoms with Gasteiger partial charge in [-0.2, -0.15) is 0 Å². The molecule has 0 aliphatic carbocycles. The highest BCUT2D eigenvalue weighted by atomic mass is 127. The summed E-state index contributed by atoms with van der Waals surface area (Å²) in [5.41, 5.74) is 0.633. The van der Waals surface area contributed by atoms with Gasteiger partial charge < -0.3 is 25.2 Å². The fraction of sp³-hybridized carbons (Fsp3) is 0.636. The zero-order valence-electron chi connectivity index (χ0n) is 18.5. The Morgan fingerprint density at radius 3 is 2.77 bits per heavy atom. The molecule has 9 heteroatoms. The second-order valence-corrected chi connectivity index (χ2v) is 8.20. The van der Waals surface area contributed by atoms with Crippen LogP contribution >= 0.6 is 24.0 Å². The van der Waals surface area contributed by atoms with Crippen LogP contribution in [0.25, 0.3) is 0 Å². The second-order valence-electron chi connectivity index (χ2n) is 8.20. The van der Waals surface area contributed by atoms with E-state index in [1.165, 1.54) is 17.4 Å². The Hall–Kier alpha value is -1.62. The van der Waals surface area contributed by atoms with Crippen LogP contribution in [0.1, 0.15) is 32.1 Å². The third kappa shape index (κ3) is 8.10. The Bertz CT molecular complexity index is 728. The van der Waals surface area contributed by atoms with Gasteiger partial charge in [0.05, 0.1) is 11.8 Å². The summed E-state index contributed by atoms with van der Waals surface area (Å²) in [4.78, 5) is 20.1. The lowest BCUT2D eigenvalue weighted by Crippen LogP contribution is -2.52. The molecule has 2 aliphatic heterocycles. The summed E-state index contributed by atoms with van der Waals surface area (Å²) in [6.45, 7) is 3.05. The fourth-order valence-corrected chi connectivity index (χ4v) is 3.83. The number of likely N-dealkylation sites (N-methyl/N-ethyl adjacent to an activating group) is 1. The molecule has 31 heavy (non-hydrogen) atoms. The number of ether oxygens (including phenoxy) is 1. The first-order valence-electron chi connectivity index (χ1n) is 10.9. The summed E-state index contributed by atoms with van der Waals surface area (Å²) in [5, 5.41) is 6.81. The Kier molecular flexibility index (Phi) is 10.8. The molecule has 1 amide bonds. The number of carbonyl (C=O) groups excluding carboxylic acids is 1. The quantitative estimate of drug-likeness (QED) is 0.326. The van der Waals surface area contributed by atoms with Gasteiger partial charge in [0, 0.05) is 46.4 Å². The molecule has 0 radical (unpaired) electrons. The van der Waals surface area contributed by atoms with Crippen molar-refractivity contribution >= 4 is 41.5 Å². The van der Waals surface area contributed by atoms with Crippen molar-refractivity contribution in [2.75, 3.05) is 51.8 Å². The average Bonchev–Trinajstić information content (AvgIpc) is 2.76. The molecule has 2 fully saturated rings. The van der Waals surface area contributed by atoms with E-state index in [-0.39, 0.29) is 54.4 Å². The maximum absolute atomic E-state index is 14.2. The van der Waals surface area contributed by atoms with E-state index in [0.29, 0.717) is 24.7 Å². The lowest BCUT2D eigenvalue weighted by atomic mass is 10.0. The maximum Gasteiger partial charge on any atom is 0.243 e. The molecule has 1 aromatic rings. The Morgan fingerprint density at radius 1 is 1.26 bits per heavy atom. The van der Waals surface area contributed by atoms with Gasteiger partial charge in [-0.3, -0.25) is 4.79 Å². The summed E-state index contributed by atoms with van der Waals surface area (Å²) in [6.07, 6.45) is 5.40. The molecule has 2 saturated heterocycles. The number of hydrogen-bond donors (Lipinski definition) is 2. The van der Waals surface area contributed by atoms with Gasteiger partial charge in [0.15, 0.2) is 5.96 Å². The molecular weight excluding hydrogens is 512 g/mol. The number of rotatable bonds is 6. The van der Waals surface area contributed by atoms with Gasteiger partial charge >= 0.3 is 0 Å². The van der Waals surface area contributed by atoms with E-state index in [1.807, 2.05) is 12.1 Å². The fourth-order valence-electron chi connectivity index (χ4n) is 3.83. The first kappa shape index (κ1) is 25.6. The van der Waals surface area contributed by atoms with E-state index in [1.54, 1.807) is 20.2 Å². The SMILES string of the molecule is CN(C)C(=O)CN=C(NCC1CCCCO1)NC1CCCN(c2ccccc2F)C1.I. The second kappa shape index (κ2) is 13.0. The number of hydrogen-bond acceptors (Lipinski definition) is 4. The molecule has 2 atom stereocenters. The van der Waals surface area contributed by atoms with Crippen LogP contribution in [0.5, 0.6) is 0 Å². The molecule has 2 N–H and O–H groups in total. The number of para-hydroxylation sites is 1. The predicted molar refractivity (Wildman–Crippen MR) is 133 cm³/mol. The van der Waals surface area contributed by atoms with Crippen LogP contribution < -0.4 is 15.5 Å². The van der Waals surface area contributed by atoms with Gasteiger partial charge in [0.25, 0.3) is 0 Å². The molecule has 7 nitrogen and oxygen atoms in total. The topological polar surface area (TPSA) is 69.2 Å². The molecule has 0 aromatic heterocycles. The molecule has 1 aromatic carbocycles. The highest BCUT2D eigenvalue weighted by molar-refractivity contribution is 14.0. The first-order valence-corrected chi connectivity index (χ1v) is 10.9. The standard InChI is InChI=1S/C22H34FN5O2.HI/c1-27(2)21(29)15-25-22(24-14-18-9-5-6-13-30-18)26-17-8-7-12-28(16-17)20-11-4-3-10-19(20)23;/h3-4,10-11,17-18H,5-9,12-16H2,1-2H3,(H2,24,25,26);1H. The van der Waals surface area contributed by atoms with E-state index in [2.05, 4.69) is 20.5 Å². The van der Waals surface area contributed by atoms with E-state index < -0.39 is 0 Å². The molecule has 2 aliphatic rings. The normalized spacial score (nSPS) is 21.8. The van der Waals surface area contributed by atoms with E-state index >= 15 is 0 Å². The van der Waals surface area contributed by atoms with Gasteiger partial charge in [-0.25, -0.2) is 9.38 Å². The van der Waals surface area contributed by atoms with Crippen LogP contribution in [-0.4, -0.2) is 75.8 Å². The van der Waals surface area contributed by atoms with Crippen LogP contribution in [0.4, 0.5) is 10.1 Å². The number of aliphatic imine (C=N–C) groups is 1. The molecule has 2 unspecified atom stereocenters.